The highest BCUT2D eigenvalue weighted by Gasteiger charge is 2.24. The lowest BCUT2D eigenvalue weighted by Gasteiger charge is -2.09. The monoisotopic (exact) mass is 196 g/mol. The van der Waals surface area contributed by atoms with Crippen molar-refractivity contribution in [2.24, 2.45) is 0 Å². The molecule has 2 nitrogen and oxygen atoms in total. The second-order valence-corrected chi connectivity index (χ2v) is 3.92. The SMILES string of the molecule is c1ccc2c(c1)CCC2c1cnccn1. The van der Waals surface area contributed by atoms with Crippen LogP contribution in [0.3, 0.4) is 0 Å². The van der Waals surface area contributed by atoms with Crippen LogP contribution >= 0.6 is 0 Å². The normalized spacial score (nSPS) is 18.8. The average molecular weight is 196 g/mol. The predicted molar refractivity (Wildman–Crippen MR) is 58.6 cm³/mol. The molecule has 0 fully saturated rings. The van der Waals surface area contributed by atoms with Crippen LogP contribution < -0.4 is 0 Å². The fourth-order valence-corrected chi connectivity index (χ4v) is 2.35. The zero-order valence-electron chi connectivity index (χ0n) is 8.43. The first-order chi connectivity index (χ1) is 7.45. The molecule has 0 amide bonds. The van der Waals surface area contributed by atoms with Gasteiger partial charge in [-0.1, -0.05) is 24.3 Å². The number of fused-ring (bicyclic) bond motifs is 1. The van der Waals surface area contributed by atoms with Gasteiger partial charge < -0.3 is 0 Å². The van der Waals surface area contributed by atoms with Crippen LogP contribution in [0.15, 0.2) is 42.9 Å². The Labute approximate surface area is 89.0 Å². The second kappa shape index (κ2) is 3.46. The maximum Gasteiger partial charge on any atom is 0.0661 e. The fourth-order valence-electron chi connectivity index (χ4n) is 2.35. The Balaban J connectivity index is 2.05. The van der Waals surface area contributed by atoms with Gasteiger partial charge in [-0.25, -0.2) is 0 Å². The molecule has 0 saturated heterocycles. The molecule has 1 aliphatic rings. The van der Waals surface area contributed by atoms with E-state index in [1.165, 1.54) is 11.1 Å². The average Bonchev–Trinajstić information content (AvgIpc) is 2.74. The van der Waals surface area contributed by atoms with Gasteiger partial charge in [0.15, 0.2) is 0 Å². The molecular weight excluding hydrogens is 184 g/mol. The highest BCUT2D eigenvalue weighted by atomic mass is 14.8. The van der Waals surface area contributed by atoms with Crippen molar-refractivity contribution in [3.8, 4) is 0 Å². The van der Waals surface area contributed by atoms with E-state index in [9.17, 15) is 0 Å². The summed E-state index contributed by atoms with van der Waals surface area (Å²) >= 11 is 0. The molecule has 74 valence electrons. The number of rotatable bonds is 1. The first-order valence-corrected chi connectivity index (χ1v) is 5.29. The minimum Gasteiger partial charge on any atom is -0.261 e. The smallest absolute Gasteiger partial charge is 0.0661 e. The largest absolute Gasteiger partial charge is 0.261 e. The van der Waals surface area contributed by atoms with Crippen LogP contribution in [0.25, 0.3) is 0 Å². The first kappa shape index (κ1) is 8.60. The van der Waals surface area contributed by atoms with Crippen LogP contribution in [0.5, 0.6) is 0 Å². The molecule has 0 N–H and O–H groups in total. The maximum atomic E-state index is 4.40. The summed E-state index contributed by atoms with van der Waals surface area (Å²) < 4.78 is 0. The quantitative estimate of drug-likeness (QED) is 0.700. The number of benzene rings is 1. The molecular formula is C13H12N2. The summed E-state index contributed by atoms with van der Waals surface area (Å²) in [6, 6.07) is 8.64. The lowest BCUT2D eigenvalue weighted by atomic mass is 9.98. The van der Waals surface area contributed by atoms with Crippen molar-refractivity contribution in [1.82, 2.24) is 9.97 Å². The van der Waals surface area contributed by atoms with Crippen LogP contribution in [0.4, 0.5) is 0 Å². The van der Waals surface area contributed by atoms with Gasteiger partial charge >= 0.3 is 0 Å². The molecule has 0 bridgehead atoms. The molecule has 1 unspecified atom stereocenters. The Morgan fingerprint density at radius 1 is 1.13 bits per heavy atom. The summed E-state index contributed by atoms with van der Waals surface area (Å²) in [5.74, 6) is 0.454. The Morgan fingerprint density at radius 3 is 2.93 bits per heavy atom. The predicted octanol–water partition coefficient (Wildman–Crippen LogP) is 2.55. The Kier molecular flexibility index (Phi) is 1.98. The van der Waals surface area contributed by atoms with Crippen LogP contribution in [-0.2, 0) is 6.42 Å². The third-order valence-corrected chi connectivity index (χ3v) is 3.07. The first-order valence-electron chi connectivity index (χ1n) is 5.29. The summed E-state index contributed by atoms with van der Waals surface area (Å²) in [5.41, 5.74) is 3.99. The van der Waals surface area contributed by atoms with E-state index in [4.69, 9.17) is 0 Å². The summed E-state index contributed by atoms with van der Waals surface area (Å²) in [4.78, 5) is 8.54. The number of nitrogens with zero attached hydrogens (tertiary/aromatic N) is 2. The molecule has 0 saturated carbocycles. The van der Waals surface area contributed by atoms with E-state index in [0.29, 0.717) is 5.92 Å². The van der Waals surface area contributed by atoms with Gasteiger partial charge in [0.1, 0.15) is 0 Å². The molecule has 0 radical (unpaired) electrons. The molecule has 0 spiro atoms. The van der Waals surface area contributed by atoms with Crippen molar-refractivity contribution in [2.75, 3.05) is 0 Å². The van der Waals surface area contributed by atoms with Gasteiger partial charge in [0.05, 0.1) is 5.69 Å². The van der Waals surface area contributed by atoms with Crippen LogP contribution in [0.1, 0.15) is 29.2 Å². The van der Waals surface area contributed by atoms with E-state index >= 15 is 0 Å². The van der Waals surface area contributed by atoms with E-state index in [1.807, 2.05) is 6.20 Å². The molecule has 2 heteroatoms. The van der Waals surface area contributed by atoms with E-state index in [1.54, 1.807) is 12.4 Å². The standard InChI is InChI=1S/C13H12N2/c1-2-4-11-10(3-1)5-6-12(11)13-9-14-7-8-15-13/h1-4,7-9,12H,5-6H2. The van der Waals surface area contributed by atoms with Gasteiger partial charge in [-0.15, -0.1) is 0 Å². The molecule has 2 aromatic rings. The number of hydrogen-bond acceptors (Lipinski definition) is 2. The molecule has 1 aromatic heterocycles. The third-order valence-electron chi connectivity index (χ3n) is 3.07. The minimum absolute atomic E-state index is 0.454. The molecule has 15 heavy (non-hydrogen) atoms. The summed E-state index contributed by atoms with van der Waals surface area (Å²) in [5, 5.41) is 0. The lowest BCUT2D eigenvalue weighted by Crippen LogP contribution is -1.99. The van der Waals surface area contributed by atoms with E-state index in [2.05, 4.69) is 34.2 Å². The van der Waals surface area contributed by atoms with Gasteiger partial charge in [-0.3, -0.25) is 9.97 Å². The van der Waals surface area contributed by atoms with Crippen LogP contribution in [0, 0.1) is 0 Å². The van der Waals surface area contributed by atoms with Gasteiger partial charge in [0, 0.05) is 24.5 Å². The van der Waals surface area contributed by atoms with Crippen molar-refractivity contribution < 1.29 is 0 Å². The molecule has 3 rings (SSSR count). The molecule has 1 aliphatic carbocycles. The van der Waals surface area contributed by atoms with Crippen molar-refractivity contribution in [3.05, 3.63) is 59.7 Å². The van der Waals surface area contributed by atoms with Gasteiger partial charge in [-0.2, -0.15) is 0 Å². The molecule has 0 aliphatic heterocycles. The summed E-state index contributed by atoms with van der Waals surface area (Å²) in [6.07, 6.45) is 7.71. The van der Waals surface area contributed by atoms with Crippen molar-refractivity contribution >= 4 is 0 Å². The highest BCUT2D eigenvalue weighted by molar-refractivity contribution is 5.39. The highest BCUT2D eigenvalue weighted by Crippen LogP contribution is 2.36. The van der Waals surface area contributed by atoms with Gasteiger partial charge in [0.25, 0.3) is 0 Å². The Bertz CT molecular complexity index is 465. The second-order valence-electron chi connectivity index (χ2n) is 3.92. The minimum atomic E-state index is 0.454. The van der Waals surface area contributed by atoms with Crippen molar-refractivity contribution in [1.29, 1.82) is 0 Å². The zero-order valence-corrected chi connectivity index (χ0v) is 8.43. The Hall–Kier alpha value is -1.70. The molecule has 1 atom stereocenters. The summed E-state index contributed by atoms with van der Waals surface area (Å²) in [7, 11) is 0. The number of hydrogen-bond donors (Lipinski definition) is 0. The number of aryl methyl sites for hydroxylation is 1. The van der Waals surface area contributed by atoms with Crippen LogP contribution in [-0.4, -0.2) is 9.97 Å². The summed E-state index contributed by atoms with van der Waals surface area (Å²) in [6.45, 7) is 0. The number of aromatic nitrogens is 2. The van der Waals surface area contributed by atoms with E-state index in [-0.39, 0.29) is 0 Å². The maximum absolute atomic E-state index is 4.40. The van der Waals surface area contributed by atoms with Crippen molar-refractivity contribution in [3.63, 3.8) is 0 Å². The topological polar surface area (TPSA) is 25.8 Å². The lowest BCUT2D eigenvalue weighted by molar-refractivity contribution is 0.755. The van der Waals surface area contributed by atoms with E-state index < -0.39 is 0 Å². The molecule has 1 aromatic carbocycles. The third kappa shape index (κ3) is 1.42. The van der Waals surface area contributed by atoms with Gasteiger partial charge in [0.2, 0.25) is 0 Å². The van der Waals surface area contributed by atoms with Gasteiger partial charge in [-0.05, 0) is 24.0 Å². The van der Waals surface area contributed by atoms with Crippen LogP contribution in [0.2, 0.25) is 0 Å². The Morgan fingerprint density at radius 2 is 2.07 bits per heavy atom. The fraction of sp³-hybridized carbons (Fsp3) is 0.231. The zero-order chi connectivity index (χ0) is 10.1. The van der Waals surface area contributed by atoms with E-state index in [0.717, 1.165) is 18.5 Å². The molecule has 1 heterocycles. The van der Waals surface area contributed by atoms with Crippen molar-refractivity contribution in [2.45, 2.75) is 18.8 Å².